The summed E-state index contributed by atoms with van der Waals surface area (Å²) in [5.74, 6) is 0.774. The van der Waals surface area contributed by atoms with E-state index in [0.717, 1.165) is 11.8 Å². The second-order valence-corrected chi connectivity index (χ2v) is 7.61. The van der Waals surface area contributed by atoms with Gasteiger partial charge in [-0.3, -0.25) is 4.79 Å². The summed E-state index contributed by atoms with van der Waals surface area (Å²) in [6.07, 6.45) is -4.55. The molecule has 6 nitrogen and oxygen atoms in total. The monoisotopic (exact) mass is 445 g/mol. The number of hydrogen-bond donors (Lipinski definition) is 1. The molecule has 0 radical (unpaired) electrons. The molecule has 1 aromatic heterocycles. The number of alkyl halides is 3. The third kappa shape index (κ3) is 4.71. The number of nitrogens with zero attached hydrogens (tertiary/aromatic N) is 2. The molecule has 168 valence electrons. The number of aryl methyl sites for hydroxylation is 2. The number of benzene rings is 2. The molecular weight excluding hydrogens is 423 g/mol. The Morgan fingerprint density at radius 2 is 1.81 bits per heavy atom. The van der Waals surface area contributed by atoms with E-state index in [0.29, 0.717) is 41.7 Å². The van der Waals surface area contributed by atoms with Gasteiger partial charge in [-0.15, -0.1) is 0 Å². The van der Waals surface area contributed by atoms with Gasteiger partial charge in [0.05, 0.1) is 23.4 Å². The van der Waals surface area contributed by atoms with Crippen LogP contribution >= 0.6 is 0 Å². The summed E-state index contributed by atoms with van der Waals surface area (Å²) in [6.45, 7) is 4.21. The van der Waals surface area contributed by atoms with Gasteiger partial charge in [-0.1, -0.05) is 12.1 Å². The number of aromatic nitrogens is 2. The predicted molar refractivity (Wildman–Crippen MR) is 111 cm³/mol. The Labute approximate surface area is 183 Å². The molecule has 0 atom stereocenters. The zero-order valence-corrected chi connectivity index (χ0v) is 17.6. The van der Waals surface area contributed by atoms with Crippen LogP contribution in [-0.4, -0.2) is 28.9 Å². The zero-order valence-electron chi connectivity index (χ0n) is 17.6. The SMILES string of the molecule is Cc1cc(C)n(-c2ccc(CNC(=O)Cc3ccc4c(c3)OCCO4)c(C(F)(F)F)c2)n1. The van der Waals surface area contributed by atoms with E-state index in [9.17, 15) is 18.0 Å². The van der Waals surface area contributed by atoms with Crippen LogP contribution in [0.1, 0.15) is 28.1 Å². The quantitative estimate of drug-likeness (QED) is 0.641. The topological polar surface area (TPSA) is 65.4 Å². The number of carbonyl (C=O) groups is 1. The summed E-state index contributed by atoms with van der Waals surface area (Å²) >= 11 is 0. The number of hydrogen-bond acceptors (Lipinski definition) is 4. The van der Waals surface area contributed by atoms with Crippen molar-refractivity contribution >= 4 is 5.91 Å². The Morgan fingerprint density at radius 3 is 2.50 bits per heavy atom. The van der Waals surface area contributed by atoms with E-state index in [4.69, 9.17) is 9.47 Å². The van der Waals surface area contributed by atoms with Crippen molar-refractivity contribution in [2.24, 2.45) is 0 Å². The molecule has 0 spiro atoms. The molecule has 32 heavy (non-hydrogen) atoms. The van der Waals surface area contributed by atoms with Crippen LogP contribution in [0.3, 0.4) is 0 Å². The van der Waals surface area contributed by atoms with Crippen LogP contribution in [-0.2, 0) is 23.9 Å². The molecule has 0 unspecified atom stereocenters. The minimum atomic E-state index is -4.57. The summed E-state index contributed by atoms with van der Waals surface area (Å²) < 4.78 is 53.5. The second kappa shape index (κ2) is 8.57. The summed E-state index contributed by atoms with van der Waals surface area (Å²) in [5.41, 5.74) is 1.63. The zero-order chi connectivity index (χ0) is 22.9. The van der Waals surface area contributed by atoms with Gasteiger partial charge in [0, 0.05) is 12.2 Å². The van der Waals surface area contributed by atoms with Crippen molar-refractivity contribution in [3.8, 4) is 17.2 Å². The van der Waals surface area contributed by atoms with Crippen LogP contribution in [0.5, 0.6) is 11.5 Å². The van der Waals surface area contributed by atoms with Crippen LogP contribution in [0.15, 0.2) is 42.5 Å². The molecular formula is C23H22F3N3O3. The molecule has 0 bridgehead atoms. The van der Waals surface area contributed by atoms with E-state index < -0.39 is 17.6 Å². The van der Waals surface area contributed by atoms with E-state index >= 15 is 0 Å². The number of halogens is 3. The number of rotatable bonds is 5. The van der Waals surface area contributed by atoms with Crippen LogP contribution < -0.4 is 14.8 Å². The van der Waals surface area contributed by atoms with Crippen molar-refractivity contribution in [1.29, 1.82) is 0 Å². The van der Waals surface area contributed by atoms with Gasteiger partial charge in [-0.05, 0) is 55.3 Å². The van der Waals surface area contributed by atoms with Crippen molar-refractivity contribution in [3.63, 3.8) is 0 Å². The number of ether oxygens (including phenoxy) is 2. The summed E-state index contributed by atoms with van der Waals surface area (Å²) in [4.78, 5) is 12.4. The Bertz CT molecular complexity index is 1160. The molecule has 0 saturated heterocycles. The maximum absolute atomic E-state index is 13.7. The molecule has 2 heterocycles. The Balaban J connectivity index is 1.48. The second-order valence-electron chi connectivity index (χ2n) is 7.61. The number of fused-ring (bicyclic) bond motifs is 1. The van der Waals surface area contributed by atoms with E-state index in [1.54, 1.807) is 44.2 Å². The molecule has 3 aromatic rings. The average Bonchev–Trinajstić information content (AvgIpc) is 3.09. The lowest BCUT2D eigenvalue weighted by Gasteiger charge is -2.19. The van der Waals surface area contributed by atoms with Crippen molar-refractivity contribution in [1.82, 2.24) is 15.1 Å². The van der Waals surface area contributed by atoms with E-state index in [1.165, 1.54) is 10.7 Å². The third-order valence-corrected chi connectivity index (χ3v) is 5.10. The summed E-state index contributed by atoms with van der Waals surface area (Å²) in [5, 5.41) is 6.83. The fourth-order valence-electron chi connectivity index (χ4n) is 3.64. The Hall–Kier alpha value is -3.49. The lowest BCUT2D eigenvalue weighted by atomic mass is 10.1. The highest BCUT2D eigenvalue weighted by Gasteiger charge is 2.34. The maximum atomic E-state index is 13.7. The average molecular weight is 445 g/mol. The van der Waals surface area contributed by atoms with Crippen molar-refractivity contribution in [2.45, 2.75) is 33.0 Å². The van der Waals surface area contributed by atoms with Crippen LogP contribution in [0, 0.1) is 13.8 Å². The van der Waals surface area contributed by atoms with Gasteiger partial charge >= 0.3 is 6.18 Å². The van der Waals surface area contributed by atoms with Gasteiger partial charge in [0.25, 0.3) is 0 Å². The van der Waals surface area contributed by atoms with E-state index in [-0.39, 0.29) is 18.5 Å². The lowest BCUT2D eigenvalue weighted by molar-refractivity contribution is -0.138. The Morgan fingerprint density at radius 1 is 1.06 bits per heavy atom. The molecule has 1 amide bonds. The van der Waals surface area contributed by atoms with Gasteiger partial charge in [0.15, 0.2) is 11.5 Å². The van der Waals surface area contributed by atoms with Gasteiger partial charge in [0.2, 0.25) is 5.91 Å². The molecule has 1 aliphatic heterocycles. The van der Waals surface area contributed by atoms with Gasteiger partial charge in [-0.2, -0.15) is 18.3 Å². The molecule has 9 heteroatoms. The van der Waals surface area contributed by atoms with Crippen molar-refractivity contribution in [2.75, 3.05) is 13.2 Å². The first-order valence-corrected chi connectivity index (χ1v) is 10.1. The normalized spacial score (nSPS) is 13.2. The fraction of sp³-hybridized carbons (Fsp3) is 0.304. The first kappa shape index (κ1) is 21.7. The first-order valence-electron chi connectivity index (χ1n) is 10.1. The molecule has 2 aromatic carbocycles. The van der Waals surface area contributed by atoms with Crippen molar-refractivity contribution < 1.29 is 27.4 Å². The molecule has 0 fully saturated rings. The highest BCUT2D eigenvalue weighted by Crippen LogP contribution is 2.34. The van der Waals surface area contributed by atoms with Gasteiger partial charge in [-0.25, -0.2) is 4.68 Å². The molecule has 1 aliphatic rings. The summed E-state index contributed by atoms with van der Waals surface area (Å²) in [6, 6.07) is 10.9. The molecule has 4 rings (SSSR count). The van der Waals surface area contributed by atoms with Crippen LogP contribution in [0.25, 0.3) is 5.69 Å². The van der Waals surface area contributed by atoms with Crippen LogP contribution in [0.2, 0.25) is 0 Å². The highest BCUT2D eigenvalue weighted by atomic mass is 19.4. The van der Waals surface area contributed by atoms with Crippen LogP contribution in [0.4, 0.5) is 13.2 Å². The van der Waals surface area contributed by atoms with E-state index in [1.807, 2.05) is 0 Å². The number of amides is 1. The highest BCUT2D eigenvalue weighted by molar-refractivity contribution is 5.78. The van der Waals surface area contributed by atoms with Gasteiger partial charge in [0.1, 0.15) is 13.2 Å². The largest absolute Gasteiger partial charge is 0.486 e. The lowest BCUT2D eigenvalue weighted by Crippen LogP contribution is -2.26. The van der Waals surface area contributed by atoms with Gasteiger partial charge < -0.3 is 14.8 Å². The number of carbonyl (C=O) groups excluding carboxylic acids is 1. The smallest absolute Gasteiger partial charge is 0.416 e. The number of nitrogens with one attached hydrogen (secondary N) is 1. The summed E-state index contributed by atoms with van der Waals surface area (Å²) in [7, 11) is 0. The predicted octanol–water partition coefficient (Wildman–Crippen LogP) is 4.14. The minimum absolute atomic E-state index is 0.0155. The Kier molecular flexibility index (Phi) is 5.82. The fourth-order valence-corrected chi connectivity index (χ4v) is 3.64. The van der Waals surface area contributed by atoms with Crippen molar-refractivity contribution in [3.05, 3.63) is 70.5 Å². The minimum Gasteiger partial charge on any atom is -0.486 e. The molecule has 0 aliphatic carbocycles. The molecule has 0 saturated carbocycles. The maximum Gasteiger partial charge on any atom is 0.416 e. The third-order valence-electron chi connectivity index (χ3n) is 5.10. The first-order chi connectivity index (χ1) is 15.2. The van der Waals surface area contributed by atoms with E-state index in [2.05, 4.69) is 10.4 Å². The molecule has 1 N–H and O–H groups in total. The standard InChI is InChI=1S/C23H22F3N3O3/c1-14-9-15(2)29(28-14)18-5-4-17(19(12-18)23(24,25)26)13-27-22(30)11-16-3-6-20-21(10-16)32-8-7-31-20/h3-6,9-10,12H,7-8,11,13H2,1-2H3,(H,27,30).